The van der Waals surface area contributed by atoms with Gasteiger partial charge in [-0.2, -0.15) is 0 Å². The van der Waals surface area contributed by atoms with E-state index in [1.54, 1.807) is 16.2 Å². The number of hydrogen-bond acceptors (Lipinski definition) is 5. The van der Waals surface area contributed by atoms with Crippen LogP contribution >= 0.6 is 11.3 Å². The van der Waals surface area contributed by atoms with Crippen molar-refractivity contribution in [1.29, 1.82) is 0 Å². The third kappa shape index (κ3) is 3.98. The molecule has 0 saturated carbocycles. The number of likely N-dealkylation sites (tertiary alicyclic amines) is 1. The SMILES string of the molecule is CCCc1nc(CNC(=O)N2CCC[C@@]3(CC2)CNC(=O)O3)cs1. The van der Waals surface area contributed by atoms with E-state index >= 15 is 0 Å². The van der Waals surface area contributed by atoms with Gasteiger partial charge in [-0.1, -0.05) is 6.92 Å². The standard InChI is InChI=1S/C16H24N4O3S/c1-2-4-13-19-12(10-24-13)9-17-14(21)20-7-3-5-16(6-8-20)11-18-15(22)23-16/h10H,2-9,11H2,1H3,(H,17,21)(H,18,22)/t16-/m1/s1. The molecule has 3 rings (SSSR count). The molecule has 0 radical (unpaired) electrons. The van der Waals surface area contributed by atoms with E-state index in [9.17, 15) is 9.59 Å². The van der Waals surface area contributed by atoms with Gasteiger partial charge in [0, 0.05) is 24.9 Å². The quantitative estimate of drug-likeness (QED) is 0.871. The van der Waals surface area contributed by atoms with Crippen LogP contribution in [0.3, 0.4) is 0 Å². The van der Waals surface area contributed by atoms with E-state index in [-0.39, 0.29) is 12.1 Å². The molecule has 132 valence electrons. The van der Waals surface area contributed by atoms with Crippen LogP contribution in [0.25, 0.3) is 0 Å². The van der Waals surface area contributed by atoms with E-state index in [4.69, 9.17) is 4.74 Å². The lowest BCUT2D eigenvalue weighted by atomic mass is 9.95. The molecule has 1 aromatic heterocycles. The average molecular weight is 352 g/mol. The van der Waals surface area contributed by atoms with Crippen molar-refractivity contribution in [1.82, 2.24) is 20.5 Å². The Kier molecular flexibility index (Phi) is 5.23. The maximum Gasteiger partial charge on any atom is 0.407 e. The predicted octanol–water partition coefficient (Wildman–Crippen LogP) is 2.27. The van der Waals surface area contributed by atoms with Gasteiger partial charge in [-0.05, 0) is 25.7 Å². The summed E-state index contributed by atoms with van der Waals surface area (Å²) in [4.78, 5) is 30.0. The highest BCUT2D eigenvalue weighted by Crippen LogP contribution is 2.29. The first-order chi connectivity index (χ1) is 11.6. The minimum absolute atomic E-state index is 0.0747. The zero-order valence-electron chi connectivity index (χ0n) is 14.0. The molecule has 2 fully saturated rings. The van der Waals surface area contributed by atoms with Crippen LogP contribution in [0.5, 0.6) is 0 Å². The molecule has 2 N–H and O–H groups in total. The number of nitrogens with zero attached hydrogens (tertiary/aromatic N) is 2. The van der Waals surface area contributed by atoms with Crippen LogP contribution in [-0.4, -0.2) is 47.2 Å². The molecule has 1 spiro atoms. The number of thiazole rings is 1. The van der Waals surface area contributed by atoms with E-state index in [2.05, 4.69) is 22.5 Å². The first-order valence-corrected chi connectivity index (χ1v) is 9.41. The van der Waals surface area contributed by atoms with Gasteiger partial charge in [-0.25, -0.2) is 14.6 Å². The molecule has 3 amide bonds. The fourth-order valence-corrected chi connectivity index (χ4v) is 4.09. The minimum Gasteiger partial charge on any atom is -0.441 e. The molecule has 0 aliphatic carbocycles. The maximum atomic E-state index is 12.4. The summed E-state index contributed by atoms with van der Waals surface area (Å²) in [6, 6.07) is -0.0747. The highest BCUT2D eigenvalue weighted by Gasteiger charge is 2.41. The van der Waals surface area contributed by atoms with Crippen LogP contribution in [0.2, 0.25) is 0 Å². The summed E-state index contributed by atoms with van der Waals surface area (Å²) in [5.74, 6) is 0. The number of hydrogen-bond donors (Lipinski definition) is 2. The Labute approximate surface area is 145 Å². The van der Waals surface area contributed by atoms with Gasteiger partial charge in [-0.3, -0.25) is 0 Å². The molecule has 7 nitrogen and oxygen atoms in total. The maximum absolute atomic E-state index is 12.4. The van der Waals surface area contributed by atoms with Crippen LogP contribution in [-0.2, 0) is 17.7 Å². The molecule has 0 aromatic carbocycles. The molecule has 24 heavy (non-hydrogen) atoms. The molecular formula is C16H24N4O3S. The number of aromatic nitrogens is 1. The summed E-state index contributed by atoms with van der Waals surface area (Å²) in [6.07, 6.45) is 4.02. The zero-order chi connectivity index (χ0) is 17.0. The summed E-state index contributed by atoms with van der Waals surface area (Å²) in [5.41, 5.74) is 0.479. The first kappa shape index (κ1) is 17.0. The highest BCUT2D eigenvalue weighted by molar-refractivity contribution is 7.09. The second-order valence-electron chi connectivity index (χ2n) is 6.41. The monoisotopic (exact) mass is 352 g/mol. The number of rotatable bonds is 4. The highest BCUT2D eigenvalue weighted by atomic mass is 32.1. The first-order valence-electron chi connectivity index (χ1n) is 8.53. The molecule has 1 aromatic rings. The van der Waals surface area contributed by atoms with Crippen molar-refractivity contribution in [2.75, 3.05) is 19.6 Å². The van der Waals surface area contributed by atoms with Crippen molar-refractivity contribution in [3.63, 3.8) is 0 Å². The van der Waals surface area contributed by atoms with Gasteiger partial charge >= 0.3 is 12.1 Å². The molecule has 2 saturated heterocycles. The number of amides is 3. The Hall–Kier alpha value is -1.83. The fraction of sp³-hybridized carbons (Fsp3) is 0.688. The predicted molar refractivity (Wildman–Crippen MR) is 91.0 cm³/mol. The van der Waals surface area contributed by atoms with E-state index in [0.29, 0.717) is 32.6 Å². The summed E-state index contributed by atoms with van der Waals surface area (Å²) >= 11 is 1.65. The summed E-state index contributed by atoms with van der Waals surface area (Å²) in [5, 5.41) is 8.80. The normalized spacial score (nSPS) is 23.7. The van der Waals surface area contributed by atoms with Crippen LogP contribution in [0.1, 0.15) is 43.3 Å². The van der Waals surface area contributed by atoms with Crippen molar-refractivity contribution in [2.45, 2.75) is 51.2 Å². The molecule has 3 heterocycles. The fourth-order valence-electron chi connectivity index (χ4n) is 3.19. The van der Waals surface area contributed by atoms with Crippen molar-refractivity contribution in [3.8, 4) is 0 Å². The summed E-state index contributed by atoms with van der Waals surface area (Å²) in [6.45, 7) is 4.41. The van der Waals surface area contributed by atoms with E-state index in [1.165, 1.54) is 0 Å². The third-order valence-electron chi connectivity index (χ3n) is 4.53. The lowest BCUT2D eigenvalue weighted by molar-refractivity contribution is 0.0453. The molecule has 0 bridgehead atoms. The summed E-state index contributed by atoms with van der Waals surface area (Å²) in [7, 11) is 0. The van der Waals surface area contributed by atoms with Crippen LogP contribution in [0, 0.1) is 0 Å². The largest absolute Gasteiger partial charge is 0.441 e. The zero-order valence-corrected chi connectivity index (χ0v) is 14.8. The number of ether oxygens (including phenoxy) is 1. The lowest BCUT2D eigenvalue weighted by Gasteiger charge is -2.25. The van der Waals surface area contributed by atoms with Crippen LogP contribution in [0.15, 0.2) is 5.38 Å². The number of nitrogens with one attached hydrogen (secondary N) is 2. The van der Waals surface area contributed by atoms with Gasteiger partial charge in [0.15, 0.2) is 0 Å². The van der Waals surface area contributed by atoms with E-state index < -0.39 is 5.60 Å². The van der Waals surface area contributed by atoms with Gasteiger partial charge in [0.25, 0.3) is 0 Å². The lowest BCUT2D eigenvalue weighted by Crippen LogP contribution is -2.41. The number of carbonyl (C=O) groups is 2. The van der Waals surface area contributed by atoms with Gasteiger partial charge in [0.05, 0.1) is 23.8 Å². The van der Waals surface area contributed by atoms with Crippen molar-refractivity contribution >= 4 is 23.5 Å². The summed E-state index contributed by atoms with van der Waals surface area (Å²) < 4.78 is 5.44. The molecule has 8 heteroatoms. The molecule has 1 atom stereocenters. The topological polar surface area (TPSA) is 83.6 Å². The number of carbonyl (C=O) groups excluding carboxylic acids is 2. The second-order valence-corrected chi connectivity index (χ2v) is 7.35. The molecule has 2 aliphatic heterocycles. The molecule has 2 aliphatic rings. The van der Waals surface area contributed by atoms with Crippen molar-refractivity contribution in [3.05, 3.63) is 16.1 Å². The number of aryl methyl sites for hydroxylation is 1. The molecular weight excluding hydrogens is 328 g/mol. The van der Waals surface area contributed by atoms with E-state index in [1.807, 2.05) is 5.38 Å². The average Bonchev–Trinajstić information content (AvgIpc) is 3.09. The van der Waals surface area contributed by atoms with Crippen molar-refractivity contribution < 1.29 is 14.3 Å². The van der Waals surface area contributed by atoms with E-state index in [0.717, 1.165) is 36.4 Å². The van der Waals surface area contributed by atoms with Crippen LogP contribution < -0.4 is 10.6 Å². The van der Waals surface area contributed by atoms with Gasteiger partial charge in [0.2, 0.25) is 0 Å². The minimum atomic E-state index is -0.434. The smallest absolute Gasteiger partial charge is 0.407 e. The Bertz CT molecular complexity index is 606. The molecule has 0 unspecified atom stereocenters. The van der Waals surface area contributed by atoms with Gasteiger partial charge in [0.1, 0.15) is 5.60 Å². The Morgan fingerprint density at radius 2 is 2.38 bits per heavy atom. The van der Waals surface area contributed by atoms with Crippen LogP contribution in [0.4, 0.5) is 9.59 Å². The van der Waals surface area contributed by atoms with Gasteiger partial charge in [-0.15, -0.1) is 11.3 Å². The second kappa shape index (κ2) is 7.38. The Balaban J connectivity index is 1.49. The number of urea groups is 1. The number of alkyl carbamates (subject to hydrolysis) is 1. The Morgan fingerprint density at radius 3 is 3.12 bits per heavy atom. The third-order valence-corrected chi connectivity index (χ3v) is 5.49. The van der Waals surface area contributed by atoms with Crippen molar-refractivity contribution in [2.24, 2.45) is 0 Å². The Morgan fingerprint density at radius 1 is 1.50 bits per heavy atom. The van der Waals surface area contributed by atoms with Gasteiger partial charge < -0.3 is 20.3 Å².